The molecule has 1 N–H and O–H groups in total. The van der Waals surface area contributed by atoms with Gasteiger partial charge in [-0.2, -0.15) is 18.4 Å². The number of benzene rings is 1. The van der Waals surface area contributed by atoms with Gasteiger partial charge in [-0.15, -0.1) is 0 Å². The third-order valence-electron chi connectivity index (χ3n) is 6.83. The number of nitrogens with zero attached hydrogens (tertiary/aromatic N) is 5. The molecule has 0 bridgehead atoms. The van der Waals surface area contributed by atoms with Crippen LogP contribution in [0.15, 0.2) is 24.3 Å². The molecular formula is C27H30F4N6. The van der Waals surface area contributed by atoms with Gasteiger partial charge in [-0.25, -0.2) is 19.3 Å². The minimum Gasteiger partial charge on any atom is -0.365 e. The standard InChI is InChI=1S/C25H24F4N6.C2H6/c1-15-19(24(14-30)7-8-24)12-17-22(31-13-16-4-2-5-18(21(16)26)25(27,28)29)33-20(34-23(17)32-15)6-11-35-9-3-10-35;1-2/h2,4-5,12H,3,6-11,13H2,1H3,(H,31,32,33,34);1-2H3. The molecule has 0 unspecified atom stereocenters. The molecule has 2 aromatic heterocycles. The number of nitriles is 1. The predicted molar refractivity (Wildman–Crippen MR) is 133 cm³/mol. The van der Waals surface area contributed by atoms with Gasteiger partial charge in [0.25, 0.3) is 0 Å². The summed E-state index contributed by atoms with van der Waals surface area (Å²) in [6.07, 6.45) is -1.54. The van der Waals surface area contributed by atoms with Crippen LogP contribution in [-0.4, -0.2) is 39.5 Å². The highest BCUT2D eigenvalue weighted by Gasteiger charge is 2.46. The van der Waals surface area contributed by atoms with E-state index in [1.165, 1.54) is 12.1 Å². The fraction of sp³-hybridized carbons (Fsp3) is 0.481. The van der Waals surface area contributed by atoms with Crippen LogP contribution in [0.3, 0.4) is 0 Å². The Balaban J connectivity index is 0.00000156. The van der Waals surface area contributed by atoms with Gasteiger partial charge in [0.15, 0.2) is 5.65 Å². The highest BCUT2D eigenvalue weighted by atomic mass is 19.4. The molecule has 3 heterocycles. The summed E-state index contributed by atoms with van der Waals surface area (Å²) in [5.41, 5.74) is -0.0306. The number of hydrogen-bond donors (Lipinski definition) is 1. The van der Waals surface area contributed by atoms with Crippen molar-refractivity contribution in [3.8, 4) is 6.07 Å². The predicted octanol–water partition coefficient (Wildman–Crippen LogP) is 5.93. The lowest BCUT2D eigenvalue weighted by molar-refractivity contribution is -0.140. The number of likely N-dealkylation sites (tertiary alicyclic amines) is 1. The second kappa shape index (κ2) is 10.6. The summed E-state index contributed by atoms with van der Waals surface area (Å²) in [5.74, 6) is -0.384. The van der Waals surface area contributed by atoms with Crippen LogP contribution in [-0.2, 0) is 24.6 Å². The van der Waals surface area contributed by atoms with Gasteiger partial charge in [0.2, 0.25) is 0 Å². The lowest BCUT2D eigenvalue weighted by atomic mass is 9.95. The van der Waals surface area contributed by atoms with Crippen LogP contribution < -0.4 is 5.32 Å². The minimum absolute atomic E-state index is 0.121. The average molecular weight is 515 g/mol. The molecule has 1 saturated heterocycles. The van der Waals surface area contributed by atoms with E-state index >= 15 is 0 Å². The molecule has 1 aliphatic heterocycles. The monoisotopic (exact) mass is 514 g/mol. The van der Waals surface area contributed by atoms with Crippen molar-refractivity contribution in [2.75, 3.05) is 25.0 Å². The first kappa shape index (κ1) is 26.7. The molecule has 3 aromatic rings. The summed E-state index contributed by atoms with van der Waals surface area (Å²) in [5, 5.41) is 13.3. The molecule has 0 radical (unpaired) electrons. The molecule has 5 rings (SSSR count). The van der Waals surface area contributed by atoms with Crippen LogP contribution in [0.4, 0.5) is 23.4 Å². The van der Waals surface area contributed by atoms with E-state index in [2.05, 4.69) is 31.2 Å². The molecule has 0 amide bonds. The van der Waals surface area contributed by atoms with Crippen molar-refractivity contribution >= 4 is 16.9 Å². The second-order valence-corrected chi connectivity index (χ2v) is 9.25. The quantitative estimate of drug-likeness (QED) is 0.394. The molecule has 1 saturated carbocycles. The highest BCUT2D eigenvalue weighted by Crippen LogP contribution is 2.49. The third-order valence-corrected chi connectivity index (χ3v) is 6.83. The number of anilines is 1. The molecule has 0 spiro atoms. The second-order valence-electron chi connectivity index (χ2n) is 9.25. The van der Waals surface area contributed by atoms with Crippen molar-refractivity contribution in [2.45, 2.75) is 64.6 Å². The third kappa shape index (κ3) is 5.52. The van der Waals surface area contributed by atoms with Crippen LogP contribution in [0.2, 0.25) is 0 Å². The lowest BCUT2D eigenvalue weighted by Gasteiger charge is -2.30. The molecule has 196 valence electrons. The number of nitrogens with one attached hydrogen (secondary N) is 1. The molecule has 0 atom stereocenters. The zero-order valence-electron chi connectivity index (χ0n) is 21.2. The van der Waals surface area contributed by atoms with Crippen molar-refractivity contribution in [2.24, 2.45) is 0 Å². The molecular weight excluding hydrogens is 484 g/mol. The van der Waals surface area contributed by atoms with Gasteiger partial charge in [0, 0.05) is 30.8 Å². The van der Waals surface area contributed by atoms with E-state index in [0.717, 1.165) is 56.2 Å². The number of rotatable bonds is 7. The maximum atomic E-state index is 14.6. The van der Waals surface area contributed by atoms with Crippen molar-refractivity contribution in [1.82, 2.24) is 19.9 Å². The summed E-state index contributed by atoms with van der Waals surface area (Å²) in [6, 6.07) is 7.44. The molecule has 10 heteroatoms. The van der Waals surface area contributed by atoms with Gasteiger partial charge in [0.1, 0.15) is 17.5 Å². The highest BCUT2D eigenvalue weighted by molar-refractivity contribution is 5.87. The minimum atomic E-state index is -4.78. The topological polar surface area (TPSA) is 77.7 Å². The van der Waals surface area contributed by atoms with Gasteiger partial charge in [0.05, 0.1) is 22.4 Å². The van der Waals surface area contributed by atoms with E-state index < -0.39 is 23.0 Å². The average Bonchev–Trinajstić information content (AvgIpc) is 3.63. The smallest absolute Gasteiger partial charge is 0.365 e. The van der Waals surface area contributed by atoms with E-state index in [0.29, 0.717) is 29.1 Å². The Bertz CT molecular complexity index is 1320. The van der Waals surface area contributed by atoms with E-state index in [-0.39, 0.29) is 12.1 Å². The first-order valence-corrected chi connectivity index (χ1v) is 12.6. The first-order chi connectivity index (χ1) is 17.7. The molecule has 37 heavy (non-hydrogen) atoms. The molecule has 1 aromatic carbocycles. The fourth-order valence-corrected chi connectivity index (χ4v) is 4.46. The normalized spacial score (nSPS) is 16.4. The van der Waals surface area contributed by atoms with Crippen LogP contribution in [0.5, 0.6) is 0 Å². The van der Waals surface area contributed by atoms with Crippen LogP contribution in [0.25, 0.3) is 11.0 Å². The van der Waals surface area contributed by atoms with E-state index in [9.17, 15) is 22.8 Å². The Morgan fingerprint density at radius 3 is 2.46 bits per heavy atom. The summed E-state index contributed by atoms with van der Waals surface area (Å²) >= 11 is 0. The number of pyridine rings is 1. The Morgan fingerprint density at radius 1 is 1.14 bits per heavy atom. The summed E-state index contributed by atoms with van der Waals surface area (Å²) in [6.45, 7) is 8.51. The van der Waals surface area contributed by atoms with Crippen molar-refractivity contribution < 1.29 is 17.6 Å². The van der Waals surface area contributed by atoms with Gasteiger partial charge in [-0.05, 0) is 57.0 Å². The number of hydrogen-bond acceptors (Lipinski definition) is 6. The molecule has 2 fully saturated rings. The lowest BCUT2D eigenvalue weighted by Crippen LogP contribution is -2.38. The van der Waals surface area contributed by atoms with Crippen molar-refractivity contribution in [3.63, 3.8) is 0 Å². The van der Waals surface area contributed by atoms with Crippen molar-refractivity contribution in [3.05, 3.63) is 58.3 Å². The number of alkyl halides is 3. The zero-order valence-corrected chi connectivity index (χ0v) is 21.2. The summed E-state index contributed by atoms with van der Waals surface area (Å²) < 4.78 is 54.1. The summed E-state index contributed by atoms with van der Waals surface area (Å²) in [4.78, 5) is 16.2. The maximum absolute atomic E-state index is 14.6. The number of halogens is 4. The molecule has 1 aliphatic carbocycles. The molecule has 2 aliphatic rings. The van der Waals surface area contributed by atoms with Crippen molar-refractivity contribution in [1.29, 1.82) is 5.26 Å². The number of aryl methyl sites for hydroxylation is 1. The Hall–Kier alpha value is -3.32. The van der Waals surface area contributed by atoms with Gasteiger partial charge < -0.3 is 10.2 Å². The maximum Gasteiger partial charge on any atom is 0.419 e. The molecule has 6 nitrogen and oxygen atoms in total. The largest absolute Gasteiger partial charge is 0.419 e. The van der Waals surface area contributed by atoms with Crippen LogP contribution in [0, 0.1) is 24.1 Å². The number of aromatic nitrogens is 3. The van der Waals surface area contributed by atoms with E-state index in [4.69, 9.17) is 0 Å². The SMILES string of the molecule is CC.Cc1nc2nc(CCN3CCC3)nc(NCc3cccc(C(F)(F)F)c3F)c2cc1C1(C#N)CC1. The van der Waals surface area contributed by atoms with Crippen LogP contribution in [0.1, 0.15) is 61.3 Å². The van der Waals surface area contributed by atoms with Gasteiger partial charge in [-0.3, -0.25) is 0 Å². The van der Waals surface area contributed by atoms with Gasteiger partial charge in [-0.1, -0.05) is 26.0 Å². The summed E-state index contributed by atoms with van der Waals surface area (Å²) in [7, 11) is 0. The van der Waals surface area contributed by atoms with Gasteiger partial charge >= 0.3 is 6.18 Å². The zero-order chi connectivity index (χ0) is 26.8. The Kier molecular flexibility index (Phi) is 7.64. The van der Waals surface area contributed by atoms with Crippen LogP contribution >= 0.6 is 0 Å². The van der Waals surface area contributed by atoms with E-state index in [1.807, 2.05) is 26.8 Å². The Morgan fingerprint density at radius 2 is 1.86 bits per heavy atom. The number of fused-ring (bicyclic) bond motifs is 1. The van der Waals surface area contributed by atoms with E-state index in [1.54, 1.807) is 0 Å². The first-order valence-electron chi connectivity index (χ1n) is 12.6. The fourth-order valence-electron chi connectivity index (χ4n) is 4.46. The Labute approximate surface area is 213 Å².